The number of benzene rings is 1. The lowest BCUT2D eigenvalue weighted by molar-refractivity contribution is -0.129. The lowest BCUT2D eigenvalue weighted by Crippen LogP contribution is -2.27. The van der Waals surface area contributed by atoms with Crippen LogP contribution in [0.4, 0.5) is 4.39 Å². The van der Waals surface area contributed by atoms with Gasteiger partial charge in [0, 0.05) is 32.0 Å². The average molecular weight is 339 g/mol. The molecule has 0 aliphatic rings. The summed E-state index contributed by atoms with van der Waals surface area (Å²) >= 11 is 5.71. The number of aromatic amines is 1. The zero-order chi connectivity index (χ0) is 17.0. The van der Waals surface area contributed by atoms with Crippen molar-refractivity contribution in [1.29, 1.82) is 0 Å². The SMILES string of the molecule is CCN(C)C(=O)CCc1nnc(-c2ccc(F)c(Cl)c2)[nH]c1=O. The Morgan fingerprint density at radius 1 is 1.39 bits per heavy atom. The van der Waals surface area contributed by atoms with Crippen molar-refractivity contribution in [2.75, 3.05) is 13.6 Å². The summed E-state index contributed by atoms with van der Waals surface area (Å²) in [5.41, 5.74) is 0.205. The molecule has 122 valence electrons. The molecule has 1 heterocycles. The third kappa shape index (κ3) is 4.13. The lowest BCUT2D eigenvalue weighted by atomic mass is 10.2. The summed E-state index contributed by atoms with van der Waals surface area (Å²) in [6.07, 6.45) is 0.389. The first kappa shape index (κ1) is 17.1. The topological polar surface area (TPSA) is 79.0 Å². The second-order valence-corrected chi connectivity index (χ2v) is 5.39. The number of aryl methyl sites for hydroxylation is 1. The van der Waals surface area contributed by atoms with Crippen molar-refractivity contribution in [1.82, 2.24) is 20.1 Å². The molecule has 0 spiro atoms. The van der Waals surface area contributed by atoms with Crippen LogP contribution in [0.25, 0.3) is 11.4 Å². The number of H-pyrrole nitrogens is 1. The molecule has 1 aromatic heterocycles. The maximum absolute atomic E-state index is 13.2. The van der Waals surface area contributed by atoms with Gasteiger partial charge in [-0.05, 0) is 25.1 Å². The van der Waals surface area contributed by atoms with Gasteiger partial charge in [-0.15, -0.1) is 10.2 Å². The normalized spacial score (nSPS) is 10.6. The van der Waals surface area contributed by atoms with E-state index in [1.54, 1.807) is 11.9 Å². The summed E-state index contributed by atoms with van der Waals surface area (Å²) in [4.78, 5) is 27.9. The molecule has 0 unspecified atom stereocenters. The second kappa shape index (κ2) is 7.32. The fraction of sp³-hybridized carbons (Fsp3) is 0.333. The van der Waals surface area contributed by atoms with E-state index < -0.39 is 11.4 Å². The predicted octanol–water partition coefficient (Wildman–Crippen LogP) is 2.04. The van der Waals surface area contributed by atoms with Crippen molar-refractivity contribution >= 4 is 17.5 Å². The number of halogens is 2. The third-order valence-corrected chi connectivity index (χ3v) is 3.72. The van der Waals surface area contributed by atoms with Gasteiger partial charge in [-0.2, -0.15) is 0 Å². The molecule has 0 fully saturated rings. The van der Waals surface area contributed by atoms with E-state index in [1.165, 1.54) is 18.2 Å². The van der Waals surface area contributed by atoms with Crippen LogP contribution in [0.2, 0.25) is 5.02 Å². The van der Waals surface area contributed by atoms with Crippen LogP contribution in [0.3, 0.4) is 0 Å². The first-order valence-corrected chi connectivity index (χ1v) is 7.45. The van der Waals surface area contributed by atoms with Crippen molar-refractivity contribution in [3.63, 3.8) is 0 Å². The molecular weight excluding hydrogens is 323 g/mol. The number of hydrogen-bond acceptors (Lipinski definition) is 4. The number of aromatic nitrogens is 3. The Hall–Kier alpha value is -2.28. The molecule has 1 amide bonds. The Balaban J connectivity index is 2.16. The van der Waals surface area contributed by atoms with Crippen molar-refractivity contribution in [3.8, 4) is 11.4 Å². The second-order valence-electron chi connectivity index (χ2n) is 4.99. The van der Waals surface area contributed by atoms with E-state index in [2.05, 4.69) is 15.2 Å². The van der Waals surface area contributed by atoms with Crippen molar-refractivity contribution < 1.29 is 9.18 Å². The molecule has 2 rings (SSSR count). The van der Waals surface area contributed by atoms with Gasteiger partial charge in [-0.3, -0.25) is 9.59 Å². The average Bonchev–Trinajstić information content (AvgIpc) is 2.55. The van der Waals surface area contributed by atoms with Crippen molar-refractivity contribution in [2.45, 2.75) is 19.8 Å². The summed E-state index contributed by atoms with van der Waals surface area (Å²) in [5.74, 6) is -0.429. The number of carbonyl (C=O) groups excluding carboxylic acids is 1. The van der Waals surface area contributed by atoms with E-state index in [1.807, 2.05) is 6.92 Å². The zero-order valence-corrected chi connectivity index (χ0v) is 13.5. The number of amides is 1. The minimum atomic E-state index is -0.555. The lowest BCUT2D eigenvalue weighted by Gasteiger charge is -2.13. The van der Waals surface area contributed by atoms with Gasteiger partial charge < -0.3 is 9.88 Å². The summed E-state index contributed by atoms with van der Waals surface area (Å²) in [7, 11) is 1.69. The molecule has 0 bridgehead atoms. The first-order chi connectivity index (χ1) is 10.9. The Bertz CT molecular complexity index is 778. The van der Waals surface area contributed by atoms with Gasteiger partial charge in [0.2, 0.25) is 5.91 Å². The van der Waals surface area contributed by atoms with Gasteiger partial charge in [-0.1, -0.05) is 11.6 Å². The predicted molar refractivity (Wildman–Crippen MR) is 84.7 cm³/mol. The van der Waals surface area contributed by atoms with Crippen LogP contribution in [-0.4, -0.2) is 39.6 Å². The maximum atomic E-state index is 13.2. The molecule has 0 saturated carbocycles. The van der Waals surface area contributed by atoms with Crippen LogP contribution in [-0.2, 0) is 11.2 Å². The molecule has 1 aromatic carbocycles. The van der Waals surface area contributed by atoms with Crippen LogP contribution in [0.5, 0.6) is 0 Å². The number of rotatable bonds is 5. The fourth-order valence-electron chi connectivity index (χ4n) is 1.89. The smallest absolute Gasteiger partial charge is 0.273 e. The first-order valence-electron chi connectivity index (χ1n) is 7.07. The van der Waals surface area contributed by atoms with Crippen LogP contribution in [0, 0.1) is 5.82 Å². The third-order valence-electron chi connectivity index (χ3n) is 3.43. The van der Waals surface area contributed by atoms with Gasteiger partial charge in [0.05, 0.1) is 5.02 Å². The number of carbonyl (C=O) groups is 1. The standard InChI is InChI=1S/C15H16ClFN4O2/c1-3-21(2)13(22)7-6-12-15(23)18-14(20-19-12)9-4-5-11(17)10(16)8-9/h4-5,8H,3,6-7H2,1-2H3,(H,18,20,23). The molecule has 1 N–H and O–H groups in total. The molecule has 23 heavy (non-hydrogen) atoms. The molecule has 0 radical (unpaired) electrons. The molecule has 0 atom stereocenters. The van der Waals surface area contributed by atoms with E-state index in [0.717, 1.165) is 0 Å². The highest BCUT2D eigenvalue weighted by Crippen LogP contribution is 2.21. The number of nitrogens with zero attached hydrogens (tertiary/aromatic N) is 3. The molecule has 2 aromatic rings. The Labute approximate surface area is 137 Å². The zero-order valence-electron chi connectivity index (χ0n) is 12.8. The largest absolute Gasteiger partial charge is 0.346 e. The highest BCUT2D eigenvalue weighted by Gasteiger charge is 2.12. The number of hydrogen-bond donors (Lipinski definition) is 1. The van der Waals surface area contributed by atoms with E-state index >= 15 is 0 Å². The van der Waals surface area contributed by atoms with E-state index in [9.17, 15) is 14.0 Å². The minimum absolute atomic E-state index is 0.0666. The van der Waals surface area contributed by atoms with Crippen LogP contribution < -0.4 is 5.56 Å². The van der Waals surface area contributed by atoms with Crippen LogP contribution in [0.15, 0.2) is 23.0 Å². The van der Waals surface area contributed by atoms with Crippen LogP contribution in [0.1, 0.15) is 19.0 Å². The summed E-state index contributed by atoms with van der Waals surface area (Å²) < 4.78 is 13.2. The molecule has 8 heteroatoms. The van der Waals surface area contributed by atoms with Gasteiger partial charge in [0.25, 0.3) is 5.56 Å². The highest BCUT2D eigenvalue weighted by molar-refractivity contribution is 6.31. The summed E-state index contributed by atoms with van der Waals surface area (Å²) in [6.45, 7) is 2.47. The highest BCUT2D eigenvalue weighted by atomic mass is 35.5. The summed E-state index contributed by atoms with van der Waals surface area (Å²) in [6, 6.07) is 3.99. The van der Waals surface area contributed by atoms with Gasteiger partial charge in [0.1, 0.15) is 11.5 Å². The Morgan fingerprint density at radius 3 is 2.74 bits per heavy atom. The Morgan fingerprint density at radius 2 is 2.13 bits per heavy atom. The number of nitrogens with one attached hydrogen (secondary N) is 1. The fourth-order valence-corrected chi connectivity index (χ4v) is 2.07. The van der Waals surface area contributed by atoms with E-state index in [-0.39, 0.29) is 35.3 Å². The monoisotopic (exact) mass is 338 g/mol. The minimum Gasteiger partial charge on any atom is -0.346 e. The Kier molecular flexibility index (Phi) is 5.44. The summed E-state index contributed by atoms with van der Waals surface area (Å²) in [5, 5.41) is 7.71. The van der Waals surface area contributed by atoms with Gasteiger partial charge >= 0.3 is 0 Å². The van der Waals surface area contributed by atoms with Gasteiger partial charge in [0.15, 0.2) is 5.82 Å². The van der Waals surface area contributed by atoms with Crippen molar-refractivity contribution in [2.24, 2.45) is 0 Å². The van der Waals surface area contributed by atoms with Gasteiger partial charge in [-0.25, -0.2) is 4.39 Å². The van der Waals surface area contributed by atoms with E-state index in [0.29, 0.717) is 12.1 Å². The quantitative estimate of drug-likeness (QED) is 0.904. The van der Waals surface area contributed by atoms with Crippen molar-refractivity contribution in [3.05, 3.63) is 45.1 Å². The van der Waals surface area contributed by atoms with E-state index in [4.69, 9.17) is 11.6 Å². The molecule has 0 aliphatic heterocycles. The molecule has 0 aliphatic carbocycles. The maximum Gasteiger partial charge on any atom is 0.273 e. The molecule has 0 saturated heterocycles. The van der Waals surface area contributed by atoms with Crippen LogP contribution >= 0.6 is 11.6 Å². The molecule has 6 nitrogen and oxygen atoms in total. The molecular formula is C15H16ClFN4O2.